The molecule has 3 rings (SSSR count). The monoisotopic (exact) mass is 445 g/mol. The van der Waals surface area contributed by atoms with Crippen LogP contribution >= 0.6 is 0 Å². The van der Waals surface area contributed by atoms with Crippen LogP contribution in [0, 0.1) is 6.92 Å². The number of ether oxygens (including phenoxy) is 2. The summed E-state index contributed by atoms with van der Waals surface area (Å²) >= 11 is 0. The molecule has 0 unspecified atom stereocenters. The average Bonchev–Trinajstić information content (AvgIpc) is 2.84. The third-order valence-corrected chi connectivity index (χ3v) is 5.06. The Hall–Kier alpha value is -4.13. The molecule has 0 radical (unpaired) electrons. The minimum Gasteiger partial charge on any atom is -0.493 e. The van der Waals surface area contributed by atoms with Crippen molar-refractivity contribution in [3.05, 3.63) is 89.0 Å². The van der Waals surface area contributed by atoms with E-state index in [4.69, 9.17) is 9.47 Å². The number of aryl methyl sites for hydroxylation is 2. The lowest BCUT2D eigenvalue weighted by Gasteiger charge is -2.12. The van der Waals surface area contributed by atoms with Crippen LogP contribution in [0.5, 0.6) is 11.5 Å². The number of carbonyl (C=O) groups is 2. The zero-order valence-electron chi connectivity index (χ0n) is 18.9. The number of para-hydroxylation sites is 1. The summed E-state index contributed by atoms with van der Waals surface area (Å²) in [7, 11) is 1.55. The van der Waals surface area contributed by atoms with Crippen molar-refractivity contribution in [2.24, 2.45) is 5.10 Å². The lowest BCUT2D eigenvalue weighted by atomic mass is 10.1. The molecule has 7 heteroatoms. The largest absolute Gasteiger partial charge is 0.493 e. The van der Waals surface area contributed by atoms with Crippen LogP contribution in [0.3, 0.4) is 0 Å². The quantitative estimate of drug-likeness (QED) is 0.308. The zero-order valence-corrected chi connectivity index (χ0v) is 18.9. The molecule has 0 fully saturated rings. The summed E-state index contributed by atoms with van der Waals surface area (Å²) in [6.07, 6.45) is 2.17. The van der Waals surface area contributed by atoms with Crippen molar-refractivity contribution in [2.75, 3.05) is 12.4 Å². The SMILES string of the molecule is CCc1ccccc1NC(=O)C(=O)N/N=C/c1ccc(OCc2ccccc2C)c(OC)c1. The standard InChI is InChI=1S/C26H27N3O4/c1-4-20-10-7-8-12-22(20)28-25(30)26(31)29-27-16-19-13-14-23(24(15-19)32-3)33-17-21-11-6-5-9-18(21)2/h5-16H,4,17H2,1-3H3,(H,28,30)(H,29,31)/b27-16+. The van der Waals surface area contributed by atoms with E-state index in [0.717, 1.165) is 23.1 Å². The van der Waals surface area contributed by atoms with Gasteiger partial charge >= 0.3 is 11.8 Å². The van der Waals surface area contributed by atoms with Gasteiger partial charge in [0.05, 0.1) is 13.3 Å². The molecule has 0 aliphatic carbocycles. The minimum absolute atomic E-state index is 0.419. The molecule has 0 spiro atoms. The lowest BCUT2D eigenvalue weighted by Crippen LogP contribution is -2.32. The number of benzene rings is 3. The zero-order chi connectivity index (χ0) is 23.6. The molecule has 0 saturated heterocycles. The van der Waals surface area contributed by atoms with Crippen molar-refractivity contribution >= 4 is 23.7 Å². The van der Waals surface area contributed by atoms with E-state index in [1.165, 1.54) is 6.21 Å². The fraction of sp³-hybridized carbons (Fsp3) is 0.192. The van der Waals surface area contributed by atoms with E-state index in [1.807, 2.05) is 50.2 Å². The van der Waals surface area contributed by atoms with Crippen LogP contribution < -0.4 is 20.2 Å². The smallest absolute Gasteiger partial charge is 0.329 e. The third kappa shape index (κ3) is 6.43. The summed E-state index contributed by atoms with van der Waals surface area (Å²) in [6, 6.07) is 20.6. The molecule has 0 aliphatic heterocycles. The highest BCUT2D eigenvalue weighted by Crippen LogP contribution is 2.28. The van der Waals surface area contributed by atoms with Crippen LogP contribution in [-0.4, -0.2) is 25.1 Å². The molecule has 2 amide bonds. The van der Waals surface area contributed by atoms with E-state index in [1.54, 1.807) is 37.4 Å². The molecule has 0 saturated carbocycles. The summed E-state index contributed by atoms with van der Waals surface area (Å²) in [5.74, 6) is -0.517. The fourth-order valence-electron chi connectivity index (χ4n) is 3.16. The second-order valence-corrected chi connectivity index (χ2v) is 7.29. The highest BCUT2D eigenvalue weighted by atomic mass is 16.5. The molecule has 3 aromatic carbocycles. The first-order valence-electron chi connectivity index (χ1n) is 10.6. The molecule has 0 bridgehead atoms. The molecule has 2 N–H and O–H groups in total. The highest BCUT2D eigenvalue weighted by molar-refractivity contribution is 6.39. The van der Waals surface area contributed by atoms with Crippen LogP contribution in [-0.2, 0) is 22.6 Å². The van der Waals surface area contributed by atoms with E-state index in [9.17, 15) is 9.59 Å². The average molecular weight is 446 g/mol. The fourth-order valence-corrected chi connectivity index (χ4v) is 3.16. The van der Waals surface area contributed by atoms with E-state index in [-0.39, 0.29) is 0 Å². The number of amides is 2. The maximum Gasteiger partial charge on any atom is 0.329 e. The Bertz CT molecular complexity index is 1160. The number of methoxy groups -OCH3 is 1. The van der Waals surface area contributed by atoms with Gasteiger partial charge in [-0.2, -0.15) is 5.10 Å². The van der Waals surface area contributed by atoms with Crippen molar-refractivity contribution in [2.45, 2.75) is 26.9 Å². The van der Waals surface area contributed by atoms with Crippen LogP contribution in [0.4, 0.5) is 5.69 Å². The minimum atomic E-state index is -0.859. The van der Waals surface area contributed by atoms with Crippen LogP contribution in [0.1, 0.15) is 29.2 Å². The predicted octanol–water partition coefficient (Wildman–Crippen LogP) is 4.23. The molecule has 0 aromatic heterocycles. The van der Waals surface area contributed by atoms with E-state index >= 15 is 0 Å². The molecule has 3 aromatic rings. The Morgan fingerprint density at radius 2 is 1.67 bits per heavy atom. The van der Waals surface area contributed by atoms with Crippen molar-refractivity contribution < 1.29 is 19.1 Å². The van der Waals surface area contributed by atoms with Gasteiger partial charge in [0.25, 0.3) is 0 Å². The predicted molar refractivity (Wildman–Crippen MR) is 129 cm³/mol. The Balaban J connectivity index is 1.58. The molecule has 0 aliphatic rings. The van der Waals surface area contributed by atoms with Gasteiger partial charge in [-0.15, -0.1) is 0 Å². The maximum absolute atomic E-state index is 12.1. The normalized spacial score (nSPS) is 10.6. The molecule has 7 nitrogen and oxygen atoms in total. The van der Waals surface area contributed by atoms with Crippen LogP contribution in [0.2, 0.25) is 0 Å². The molecular weight excluding hydrogens is 418 g/mol. The Morgan fingerprint density at radius 1 is 0.939 bits per heavy atom. The molecule has 33 heavy (non-hydrogen) atoms. The number of nitrogens with zero attached hydrogens (tertiary/aromatic N) is 1. The van der Waals surface area contributed by atoms with Crippen molar-refractivity contribution in [1.82, 2.24) is 5.43 Å². The first kappa shape index (κ1) is 23.5. The lowest BCUT2D eigenvalue weighted by molar-refractivity contribution is -0.136. The number of hydrogen-bond acceptors (Lipinski definition) is 5. The second-order valence-electron chi connectivity index (χ2n) is 7.29. The van der Waals surface area contributed by atoms with Gasteiger partial charge in [-0.25, -0.2) is 5.43 Å². The number of rotatable bonds is 8. The van der Waals surface area contributed by atoms with Crippen molar-refractivity contribution in [1.29, 1.82) is 0 Å². The number of hydrogen-bond donors (Lipinski definition) is 2. The topological polar surface area (TPSA) is 89.0 Å². The van der Waals surface area contributed by atoms with Gasteiger partial charge in [-0.05, 0) is 59.9 Å². The number of carbonyl (C=O) groups excluding carboxylic acids is 2. The van der Waals surface area contributed by atoms with Gasteiger partial charge in [0.2, 0.25) is 0 Å². The van der Waals surface area contributed by atoms with Crippen LogP contribution in [0.25, 0.3) is 0 Å². The van der Waals surface area contributed by atoms with Crippen molar-refractivity contribution in [3.8, 4) is 11.5 Å². The number of nitrogens with one attached hydrogen (secondary N) is 2. The summed E-state index contributed by atoms with van der Waals surface area (Å²) in [5, 5.41) is 6.48. The van der Waals surface area contributed by atoms with Crippen LogP contribution in [0.15, 0.2) is 71.8 Å². The molecular formula is C26H27N3O4. The molecule has 0 atom stereocenters. The van der Waals surface area contributed by atoms with Gasteiger partial charge < -0.3 is 14.8 Å². The van der Waals surface area contributed by atoms with E-state index < -0.39 is 11.8 Å². The first-order valence-corrected chi connectivity index (χ1v) is 10.6. The van der Waals surface area contributed by atoms with Crippen molar-refractivity contribution in [3.63, 3.8) is 0 Å². The van der Waals surface area contributed by atoms with Gasteiger partial charge in [0.15, 0.2) is 11.5 Å². The molecule has 0 heterocycles. The summed E-state index contributed by atoms with van der Waals surface area (Å²) in [6.45, 7) is 4.43. The van der Waals surface area contributed by atoms with Gasteiger partial charge in [0, 0.05) is 5.69 Å². The summed E-state index contributed by atoms with van der Waals surface area (Å²) in [4.78, 5) is 24.2. The van der Waals surface area contributed by atoms with Gasteiger partial charge in [-0.3, -0.25) is 9.59 Å². The Labute approximate surface area is 193 Å². The third-order valence-electron chi connectivity index (χ3n) is 5.06. The van der Waals surface area contributed by atoms with E-state index in [2.05, 4.69) is 15.8 Å². The second kappa shape index (κ2) is 11.5. The highest BCUT2D eigenvalue weighted by Gasteiger charge is 2.14. The molecule has 170 valence electrons. The summed E-state index contributed by atoms with van der Waals surface area (Å²) < 4.78 is 11.3. The van der Waals surface area contributed by atoms with Gasteiger partial charge in [0.1, 0.15) is 6.61 Å². The first-order chi connectivity index (χ1) is 16.0. The van der Waals surface area contributed by atoms with Gasteiger partial charge in [-0.1, -0.05) is 49.4 Å². The number of anilines is 1. The Morgan fingerprint density at radius 3 is 2.39 bits per heavy atom. The summed E-state index contributed by atoms with van der Waals surface area (Å²) in [5.41, 5.74) is 6.71. The number of hydrazone groups is 1. The maximum atomic E-state index is 12.1. The Kier molecular flexibility index (Phi) is 8.18. The van der Waals surface area contributed by atoms with E-state index in [0.29, 0.717) is 29.4 Å².